The molecule has 1 fully saturated rings. The van der Waals surface area contributed by atoms with Crippen molar-refractivity contribution >= 4 is 16.7 Å². The lowest BCUT2D eigenvalue weighted by Crippen LogP contribution is -2.46. The Hall–Kier alpha value is -2.07. The van der Waals surface area contributed by atoms with Gasteiger partial charge in [0.05, 0.1) is 0 Å². The van der Waals surface area contributed by atoms with Gasteiger partial charge in [0.15, 0.2) is 0 Å². The van der Waals surface area contributed by atoms with Crippen LogP contribution in [-0.2, 0) is 0 Å². The third-order valence-electron chi connectivity index (χ3n) is 3.47. The SMILES string of the molecule is O=C(c1ccc2cc(O)ccc2c1)N1CCNCC1. The molecule has 3 rings (SSSR count). The highest BCUT2D eigenvalue weighted by Gasteiger charge is 2.17. The zero-order valence-electron chi connectivity index (χ0n) is 10.6. The summed E-state index contributed by atoms with van der Waals surface area (Å²) >= 11 is 0. The third-order valence-corrected chi connectivity index (χ3v) is 3.47. The Labute approximate surface area is 111 Å². The first-order valence-corrected chi connectivity index (χ1v) is 6.47. The summed E-state index contributed by atoms with van der Waals surface area (Å²) in [5, 5.41) is 14.6. The molecule has 2 aromatic carbocycles. The Balaban J connectivity index is 1.92. The number of amides is 1. The van der Waals surface area contributed by atoms with Gasteiger partial charge in [0, 0.05) is 31.7 Å². The van der Waals surface area contributed by atoms with Crippen LogP contribution >= 0.6 is 0 Å². The molecular weight excluding hydrogens is 240 g/mol. The number of phenols is 1. The minimum Gasteiger partial charge on any atom is -0.508 e. The number of carbonyl (C=O) groups is 1. The Morgan fingerprint density at radius 1 is 1.05 bits per heavy atom. The van der Waals surface area contributed by atoms with E-state index in [1.54, 1.807) is 12.1 Å². The topological polar surface area (TPSA) is 52.6 Å². The molecule has 1 amide bonds. The number of rotatable bonds is 1. The number of benzene rings is 2. The average molecular weight is 256 g/mol. The molecule has 0 bridgehead atoms. The summed E-state index contributed by atoms with van der Waals surface area (Å²) in [6, 6.07) is 10.8. The van der Waals surface area contributed by atoms with Crippen molar-refractivity contribution in [2.75, 3.05) is 26.2 Å². The molecule has 4 heteroatoms. The van der Waals surface area contributed by atoms with Gasteiger partial charge >= 0.3 is 0 Å². The van der Waals surface area contributed by atoms with E-state index in [-0.39, 0.29) is 11.7 Å². The van der Waals surface area contributed by atoms with Crippen molar-refractivity contribution in [2.45, 2.75) is 0 Å². The lowest BCUT2D eigenvalue weighted by atomic mass is 10.1. The van der Waals surface area contributed by atoms with E-state index in [4.69, 9.17) is 0 Å². The van der Waals surface area contributed by atoms with E-state index in [9.17, 15) is 9.90 Å². The second kappa shape index (κ2) is 4.90. The lowest BCUT2D eigenvalue weighted by molar-refractivity contribution is 0.0736. The molecule has 98 valence electrons. The van der Waals surface area contributed by atoms with Gasteiger partial charge in [0.2, 0.25) is 0 Å². The molecule has 0 aromatic heterocycles. The van der Waals surface area contributed by atoms with Crippen LogP contribution in [0, 0.1) is 0 Å². The lowest BCUT2D eigenvalue weighted by Gasteiger charge is -2.27. The molecule has 1 saturated heterocycles. The van der Waals surface area contributed by atoms with E-state index < -0.39 is 0 Å². The van der Waals surface area contributed by atoms with Crippen LogP contribution in [0.2, 0.25) is 0 Å². The van der Waals surface area contributed by atoms with E-state index >= 15 is 0 Å². The summed E-state index contributed by atoms with van der Waals surface area (Å²) in [7, 11) is 0. The van der Waals surface area contributed by atoms with Crippen molar-refractivity contribution in [1.29, 1.82) is 0 Å². The van der Waals surface area contributed by atoms with Crippen molar-refractivity contribution in [1.82, 2.24) is 10.2 Å². The van der Waals surface area contributed by atoms with Gasteiger partial charge in [-0.1, -0.05) is 12.1 Å². The number of nitrogens with one attached hydrogen (secondary N) is 1. The fourth-order valence-corrected chi connectivity index (χ4v) is 2.42. The number of carbonyl (C=O) groups excluding carboxylic acids is 1. The molecule has 1 aliphatic rings. The van der Waals surface area contributed by atoms with E-state index in [1.807, 2.05) is 29.2 Å². The fraction of sp³-hybridized carbons (Fsp3) is 0.267. The minimum absolute atomic E-state index is 0.0801. The van der Waals surface area contributed by atoms with Gasteiger partial charge in [0.25, 0.3) is 5.91 Å². The van der Waals surface area contributed by atoms with Crippen molar-refractivity contribution < 1.29 is 9.90 Å². The quantitative estimate of drug-likeness (QED) is 0.814. The van der Waals surface area contributed by atoms with Gasteiger partial charge in [-0.3, -0.25) is 4.79 Å². The summed E-state index contributed by atoms with van der Waals surface area (Å²) < 4.78 is 0. The normalized spacial score (nSPS) is 15.7. The zero-order valence-corrected chi connectivity index (χ0v) is 10.6. The maximum atomic E-state index is 12.4. The minimum atomic E-state index is 0.0801. The van der Waals surface area contributed by atoms with Crippen molar-refractivity contribution in [3.63, 3.8) is 0 Å². The van der Waals surface area contributed by atoms with Crippen molar-refractivity contribution in [3.05, 3.63) is 42.0 Å². The second-order valence-electron chi connectivity index (χ2n) is 4.79. The molecule has 0 saturated carbocycles. The number of nitrogens with zero attached hydrogens (tertiary/aromatic N) is 1. The molecule has 4 nitrogen and oxygen atoms in total. The first-order valence-electron chi connectivity index (χ1n) is 6.47. The fourth-order valence-electron chi connectivity index (χ4n) is 2.42. The summed E-state index contributed by atoms with van der Waals surface area (Å²) in [5.74, 6) is 0.324. The van der Waals surface area contributed by atoms with Crippen LogP contribution in [-0.4, -0.2) is 42.1 Å². The molecule has 2 N–H and O–H groups in total. The van der Waals surface area contributed by atoms with Crippen LogP contribution in [0.25, 0.3) is 10.8 Å². The molecule has 0 unspecified atom stereocenters. The molecule has 1 heterocycles. The van der Waals surface area contributed by atoms with Gasteiger partial charge in [-0.15, -0.1) is 0 Å². The van der Waals surface area contributed by atoms with Gasteiger partial charge in [0.1, 0.15) is 5.75 Å². The largest absolute Gasteiger partial charge is 0.508 e. The van der Waals surface area contributed by atoms with Crippen molar-refractivity contribution in [2.24, 2.45) is 0 Å². The molecule has 19 heavy (non-hydrogen) atoms. The standard InChI is InChI=1S/C15H16N2O2/c18-14-4-3-11-9-13(2-1-12(11)10-14)15(19)17-7-5-16-6-8-17/h1-4,9-10,16,18H,5-8H2. The van der Waals surface area contributed by atoms with Crippen LogP contribution in [0.5, 0.6) is 5.75 Å². The van der Waals surface area contributed by atoms with Gasteiger partial charge in [-0.2, -0.15) is 0 Å². The smallest absolute Gasteiger partial charge is 0.253 e. The molecule has 0 radical (unpaired) electrons. The third kappa shape index (κ3) is 2.39. The molecule has 1 aliphatic heterocycles. The second-order valence-corrected chi connectivity index (χ2v) is 4.79. The molecule has 0 aliphatic carbocycles. The Kier molecular flexibility index (Phi) is 3.09. The Morgan fingerprint density at radius 3 is 2.53 bits per heavy atom. The van der Waals surface area contributed by atoms with Gasteiger partial charge in [-0.05, 0) is 35.0 Å². The number of piperazine rings is 1. The molecule has 2 aromatic rings. The van der Waals surface area contributed by atoms with E-state index in [0.29, 0.717) is 5.56 Å². The number of fused-ring (bicyclic) bond motifs is 1. The summed E-state index contributed by atoms with van der Waals surface area (Å²) in [6.07, 6.45) is 0. The van der Waals surface area contributed by atoms with E-state index in [1.165, 1.54) is 0 Å². The number of hydrogen-bond acceptors (Lipinski definition) is 3. The maximum absolute atomic E-state index is 12.4. The highest BCUT2D eigenvalue weighted by atomic mass is 16.3. The van der Waals surface area contributed by atoms with Crippen LogP contribution < -0.4 is 5.32 Å². The number of aromatic hydroxyl groups is 1. The van der Waals surface area contributed by atoms with Gasteiger partial charge in [-0.25, -0.2) is 0 Å². The monoisotopic (exact) mass is 256 g/mol. The van der Waals surface area contributed by atoms with E-state index in [2.05, 4.69) is 5.32 Å². The average Bonchev–Trinajstić information content (AvgIpc) is 2.47. The maximum Gasteiger partial charge on any atom is 0.253 e. The molecule has 0 atom stereocenters. The van der Waals surface area contributed by atoms with Crippen LogP contribution in [0.1, 0.15) is 10.4 Å². The zero-order chi connectivity index (χ0) is 13.2. The van der Waals surface area contributed by atoms with Crippen LogP contribution in [0.4, 0.5) is 0 Å². The summed E-state index contributed by atoms with van der Waals surface area (Å²) in [5.41, 5.74) is 0.708. The molecular formula is C15H16N2O2. The number of hydrogen-bond donors (Lipinski definition) is 2. The van der Waals surface area contributed by atoms with Crippen molar-refractivity contribution in [3.8, 4) is 5.75 Å². The number of phenolic OH excluding ortho intramolecular Hbond substituents is 1. The first kappa shape index (κ1) is 12.0. The van der Waals surface area contributed by atoms with E-state index in [0.717, 1.165) is 37.0 Å². The van der Waals surface area contributed by atoms with Gasteiger partial charge < -0.3 is 15.3 Å². The predicted molar refractivity (Wildman–Crippen MR) is 74.4 cm³/mol. The summed E-state index contributed by atoms with van der Waals surface area (Å²) in [4.78, 5) is 14.2. The van der Waals surface area contributed by atoms with Crippen LogP contribution in [0.3, 0.4) is 0 Å². The Bertz CT molecular complexity index is 619. The molecule has 0 spiro atoms. The highest BCUT2D eigenvalue weighted by molar-refractivity contribution is 5.98. The highest BCUT2D eigenvalue weighted by Crippen LogP contribution is 2.21. The van der Waals surface area contributed by atoms with Crippen LogP contribution in [0.15, 0.2) is 36.4 Å². The summed E-state index contributed by atoms with van der Waals surface area (Å²) in [6.45, 7) is 3.22. The Morgan fingerprint density at radius 2 is 1.74 bits per heavy atom. The predicted octanol–water partition coefficient (Wildman–Crippen LogP) is 1.59. The first-order chi connectivity index (χ1) is 9.24.